The number of nitrogens with one attached hydrogen (secondary N) is 5. The number of hydrogen-bond acceptors (Lipinski definition) is 7. The van der Waals surface area contributed by atoms with Crippen LogP contribution in [-0.4, -0.2) is 68.8 Å². The highest BCUT2D eigenvalue weighted by Gasteiger charge is 2.32. The van der Waals surface area contributed by atoms with Crippen LogP contribution in [0.15, 0.2) is 104 Å². The number of imide groups is 1. The molecule has 0 aliphatic rings. The van der Waals surface area contributed by atoms with Gasteiger partial charge in [-0.25, -0.2) is 4.98 Å². The van der Waals surface area contributed by atoms with E-state index in [1.165, 1.54) is 11.9 Å². The molecule has 1 unspecified atom stereocenters. The molecule has 1 aromatic heterocycles. The first-order valence-corrected chi connectivity index (χ1v) is 19.9. The Balaban J connectivity index is 1.45. The Morgan fingerprint density at radius 3 is 1.89 bits per heavy atom. The van der Waals surface area contributed by atoms with E-state index in [0.29, 0.717) is 30.5 Å². The molecule has 0 bridgehead atoms. The Morgan fingerprint density at radius 2 is 1.30 bits per heavy atom. The minimum atomic E-state index is -1.32. The van der Waals surface area contributed by atoms with Gasteiger partial charge in [-0.05, 0) is 73.6 Å². The highest BCUT2D eigenvalue weighted by atomic mass is 16.3. The molecule has 0 aliphatic carbocycles. The van der Waals surface area contributed by atoms with Gasteiger partial charge < -0.3 is 26.0 Å². The van der Waals surface area contributed by atoms with Gasteiger partial charge in [0.2, 0.25) is 23.6 Å². The first-order valence-electron chi connectivity index (χ1n) is 19.9. The van der Waals surface area contributed by atoms with Gasteiger partial charge in [0, 0.05) is 29.8 Å². The molecule has 5 atom stereocenters. The molecular formula is C45H58N6O6. The monoisotopic (exact) mass is 778 g/mol. The lowest BCUT2D eigenvalue weighted by molar-refractivity contribution is -0.133. The zero-order chi connectivity index (χ0) is 41.2. The zero-order valence-corrected chi connectivity index (χ0v) is 33.4. The average molecular weight is 779 g/mol. The van der Waals surface area contributed by atoms with Crippen molar-refractivity contribution in [1.82, 2.24) is 31.2 Å². The molecule has 0 spiro atoms. The Hall–Kier alpha value is -5.62. The minimum absolute atomic E-state index is 0.00365. The van der Waals surface area contributed by atoms with Gasteiger partial charge in [-0.3, -0.25) is 29.3 Å². The summed E-state index contributed by atoms with van der Waals surface area (Å²) in [4.78, 5) is 74.5. The van der Waals surface area contributed by atoms with Crippen molar-refractivity contribution in [3.8, 4) is 0 Å². The van der Waals surface area contributed by atoms with Gasteiger partial charge in [0.25, 0.3) is 5.91 Å². The highest BCUT2D eigenvalue weighted by molar-refractivity contribution is 6.06. The fourth-order valence-electron chi connectivity index (χ4n) is 6.79. The van der Waals surface area contributed by atoms with E-state index in [2.05, 4.69) is 43.4 Å². The van der Waals surface area contributed by atoms with Crippen molar-refractivity contribution in [2.75, 3.05) is 0 Å². The van der Waals surface area contributed by atoms with Crippen molar-refractivity contribution in [2.24, 2.45) is 17.8 Å². The third kappa shape index (κ3) is 15.4. The van der Waals surface area contributed by atoms with Crippen molar-refractivity contribution >= 4 is 29.5 Å². The number of hydrogen-bond donors (Lipinski definition) is 6. The second-order valence-electron chi connectivity index (χ2n) is 15.6. The molecule has 4 rings (SSSR count). The quantitative estimate of drug-likeness (QED) is 0.0643. The summed E-state index contributed by atoms with van der Waals surface area (Å²) in [5, 5.41) is 22.4. The van der Waals surface area contributed by atoms with Crippen molar-refractivity contribution in [2.45, 2.75) is 103 Å². The Bertz CT molecular complexity index is 1840. The third-order valence-corrected chi connectivity index (χ3v) is 9.71. The van der Waals surface area contributed by atoms with Crippen LogP contribution in [0.2, 0.25) is 0 Å². The Kier molecular flexibility index (Phi) is 17.7. The third-order valence-electron chi connectivity index (χ3n) is 9.71. The number of aliphatic hydroxyl groups excluding tert-OH is 1. The zero-order valence-electron chi connectivity index (χ0n) is 33.4. The van der Waals surface area contributed by atoms with Crippen LogP contribution in [0.5, 0.6) is 0 Å². The van der Waals surface area contributed by atoms with E-state index in [4.69, 9.17) is 0 Å². The Morgan fingerprint density at radius 1 is 0.684 bits per heavy atom. The van der Waals surface area contributed by atoms with E-state index in [9.17, 15) is 29.1 Å². The number of amides is 5. The van der Waals surface area contributed by atoms with Gasteiger partial charge in [-0.2, -0.15) is 0 Å². The van der Waals surface area contributed by atoms with Crippen LogP contribution in [0.4, 0.5) is 0 Å². The maximum atomic E-state index is 14.1. The van der Waals surface area contributed by atoms with Crippen LogP contribution < -0.4 is 21.3 Å². The summed E-state index contributed by atoms with van der Waals surface area (Å²) < 4.78 is 0. The summed E-state index contributed by atoms with van der Waals surface area (Å²) in [5.41, 5.74) is 3.15. The number of imidazole rings is 1. The van der Waals surface area contributed by atoms with Crippen LogP contribution in [-0.2, 0) is 38.4 Å². The molecule has 3 aromatic carbocycles. The molecule has 0 saturated heterocycles. The smallest absolute Gasteiger partial charge is 0.257 e. The number of carbonyl (C=O) groups is 5. The first-order chi connectivity index (χ1) is 27.4. The number of rotatable bonds is 22. The summed E-state index contributed by atoms with van der Waals surface area (Å²) in [6, 6.07) is 25.3. The number of aliphatic hydroxyl groups is 1. The molecule has 0 fully saturated rings. The number of carbonyl (C=O) groups excluding carboxylic acids is 5. The van der Waals surface area contributed by atoms with E-state index in [1.54, 1.807) is 36.5 Å². The fourth-order valence-corrected chi connectivity index (χ4v) is 6.79. The number of aromatic amines is 1. The number of benzene rings is 3. The summed E-state index contributed by atoms with van der Waals surface area (Å²) in [7, 11) is 0. The summed E-state index contributed by atoms with van der Waals surface area (Å²) in [6.45, 7) is 7.65. The van der Waals surface area contributed by atoms with Gasteiger partial charge >= 0.3 is 0 Å². The summed E-state index contributed by atoms with van der Waals surface area (Å²) >= 11 is 0. The van der Waals surface area contributed by atoms with Gasteiger partial charge in [0.05, 0.1) is 24.9 Å². The normalized spacial score (nSPS) is 13.9. The highest BCUT2D eigenvalue weighted by Crippen LogP contribution is 2.19. The number of nitrogens with zero attached hydrogens (tertiary/aromatic N) is 1. The van der Waals surface area contributed by atoms with Gasteiger partial charge in [0.1, 0.15) is 12.1 Å². The molecule has 12 heteroatoms. The van der Waals surface area contributed by atoms with Crippen LogP contribution >= 0.6 is 0 Å². The second-order valence-corrected chi connectivity index (χ2v) is 15.6. The maximum absolute atomic E-state index is 14.1. The van der Waals surface area contributed by atoms with Crippen molar-refractivity contribution in [1.29, 1.82) is 0 Å². The van der Waals surface area contributed by atoms with Crippen LogP contribution in [0, 0.1) is 17.8 Å². The molecule has 0 radical (unpaired) electrons. The molecule has 57 heavy (non-hydrogen) atoms. The molecule has 304 valence electrons. The van der Waals surface area contributed by atoms with Crippen LogP contribution in [0.1, 0.15) is 87.0 Å². The molecule has 12 nitrogen and oxygen atoms in total. The largest absolute Gasteiger partial charge is 0.390 e. The number of aryl methyl sites for hydroxylation is 1. The maximum Gasteiger partial charge on any atom is 0.257 e. The van der Waals surface area contributed by atoms with Crippen LogP contribution in [0.25, 0.3) is 0 Å². The summed E-state index contributed by atoms with van der Waals surface area (Å²) in [5.74, 6) is -3.00. The second kappa shape index (κ2) is 22.8. The SMILES string of the molecule is CC(C)C[C@H](NC(=O)C[C@H](O)[C@H](CC(C)C)NC(=O)[C@H](Cc1cnc[nH]1)NC(=O)C(CCCc1ccccc1)Cc1ccccc1)C(=O)NC(=O)c1ccccc1. The van der Waals surface area contributed by atoms with Crippen molar-refractivity contribution in [3.63, 3.8) is 0 Å². The predicted molar refractivity (Wildman–Crippen MR) is 220 cm³/mol. The lowest BCUT2D eigenvalue weighted by Crippen LogP contribution is -2.55. The van der Waals surface area contributed by atoms with Gasteiger partial charge in [-0.1, -0.05) is 107 Å². The Labute approximate surface area is 336 Å². The molecule has 5 amide bonds. The van der Waals surface area contributed by atoms with Gasteiger partial charge in [0.15, 0.2) is 0 Å². The molecule has 4 aromatic rings. The van der Waals surface area contributed by atoms with E-state index in [0.717, 1.165) is 18.4 Å². The number of H-pyrrole nitrogens is 1. The van der Waals surface area contributed by atoms with Gasteiger partial charge in [-0.15, -0.1) is 0 Å². The van der Waals surface area contributed by atoms with E-state index < -0.39 is 60.2 Å². The van der Waals surface area contributed by atoms with E-state index in [1.807, 2.05) is 76.2 Å². The average Bonchev–Trinajstić information content (AvgIpc) is 3.70. The number of aromatic nitrogens is 2. The summed E-state index contributed by atoms with van der Waals surface area (Å²) in [6.07, 6.45) is 4.78. The van der Waals surface area contributed by atoms with Crippen LogP contribution in [0.3, 0.4) is 0 Å². The van der Waals surface area contributed by atoms with Crippen molar-refractivity contribution < 1.29 is 29.1 Å². The fraction of sp³-hybridized carbons (Fsp3) is 0.422. The minimum Gasteiger partial charge on any atom is -0.390 e. The van der Waals surface area contributed by atoms with E-state index in [-0.39, 0.29) is 30.6 Å². The molecule has 6 N–H and O–H groups in total. The molecular weight excluding hydrogens is 721 g/mol. The first kappa shape index (κ1) is 44.1. The molecule has 0 aliphatic heterocycles. The predicted octanol–water partition coefficient (Wildman–Crippen LogP) is 5.09. The molecule has 1 heterocycles. The topological polar surface area (TPSA) is 182 Å². The lowest BCUT2D eigenvalue weighted by Gasteiger charge is -2.29. The van der Waals surface area contributed by atoms with Crippen molar-refractivity contribution in [3.05, 3.63) is 126 Å². The van der Waals surface area contributed by atoms with E-state index >= 15 is 0 Å². The lowest BCUT2D eigenvalue weighted by atomic mass is 9.91. The standard InChI is InChI=1S/C45H58N6O6/c1-30(2)23-37(40(52)27-41(53)48-38(24-31(3)4)45(57)51-42(54)34-20-12-7-13-21-34)49-44(56)39(26-36-28-46-29-47-36)50-43(55)35(25-33-17-10-6-11-18-33)22-14-19-32-15-8-5-9-16-32/h5-13,15-18,20-21,28-31,35,37-40,52H,14,19,22-27H2,1-4H3,(H,46,47)(H,48,53)(H,49,56)(H,50,55)(H,51,54,57)/t35?,37-,38-,39-,40-/m0/s1. The molecule has 0 saturated carbocycles.